The quantitative estimate of drug-likeness (QED) is 0.611. The van der Waals surface area contributed by atoms with Crippen LogP contribution in [0.5, 0.6) is 0 Å². The average molecular weight is 228 g/mol. The minimum atomic E-state index is -0.353. The maximum Gasteiger partial charge on any atom is 0.222 e. The van der Waals surface area contributed by atoms with Gasteiger partial charge >= 0.3 is 0 Å². The summed E-state index contributed by atoms with van der Waals surface area (Å²) in [6.45, 7) is 0.630. The van der Waals surface area contributed by atoms with Crippen LogP contribution >= 0.6 is 0 Å². The molecule has 1 aromatic heterocycles. The molecule has 0 aliphatic heterocycles. The van der Waals surface area contributed by atoms with Gasteiger partial charge in [0.25, 0.3) is 0 Å². The Labute approximate surface area is 93.4 Å². The summed E-state index contributed by atoms with van der Waals surface area (Å²) < 4.78 is 6.42. The molecule has 7 nitrogen and oxygen atoms in total. The van der Waals surface area contributed by atoms with E-state index in [1.165, 1.54) is 7.11 Å². The molecular weight excluding hydrogens is 212 g/mol. The first kappa shape index (κ1) is 12.6. The van der Waals surface area contributed by atoms with Crippen LogP contribution in [0.2, 0.25) is 0 Å². The molecule has 1 aromatic rings. The number of ether oxygens (including phenoxy) is 1. The Balaban J connectivity index is 2.24. The maximum absolute atomic E-state index is 11.4. The number of nitrogens with zero attached hydrogens (tertiary/aromatic N) is 3. The highest BCUT2D eigenvalue weighted by Crippen LogP contribution is 1.90. The summed E-state index contributed by atoms with van der Waals surface area (Å²) >= 11 is 0. The minimum Gasteiger partial charge on any atom is -0.394 e. The summed E-state index contributed by atoms with van der Waals surface area (Å²) in [6, 6.07) is -0.353. The van der Waals surface area contributed by atoms with E-state index in [0.29, 0.717) is 19.6 Å². The third-order valence-corrected chi connectivity index (χ3v) is 1.99. The summed E-state index contributed by atoms with van der Waals surface area (Å²) in [5.74, 6) is -0.147. The SMILES string of the molecule is COCC(CO)NC(=O)CCn1ccnn1. The topological polar surface area (TPSA) is 89.3 Å². The fourth-order valence-electron chi connectivity index (χ4n) is 1.21. The van der Waals surface area contributed by atoms with Crippen LogP contribution in [0.1, 0.15) is 6.42 Å². The Morgan fingerprint density at radius 3 is 3.06 bits per heavy atom. The van der Waals surface area contributed by atoms with Gasteiger partial charge in [-0.1, -0.05) is 5.21 Å². The first-order valence-corrected chi connectivity index (χ1v) is 4.99. The highest BCUT2D eigenvalue weighted by Gasteiger charge is 2.10. The smallest absolute Gasteiger partial charge is 0.222 e. The predicted octanol–water partition coefficient (Wildman–Crippen LogP) is -1.21. The lowest BCUT2D eigenvalue weighted by Gasteiger charge is -2.14. The average Bonchev–Trinajstić information content (AvgIpc) is 2.78. The van der Waals surface area contributed by atoms with Crippen molar-refractivity contribution in [1.29, 1.82) is 0 Å². The fraction of sp³-hybridized carbons (Fsp3) is 0.667. The number of rotatable bonds is 7. The summed E-state index contributed by atoms with van der Waals surface area (Å²) in [4.78, 5) is 11.4. The number of aliphatic hydroxyl groups is 1. The van der Waals surface area contributed by atoms with Crippen molar-refractivity contribution in [2.45, 2.75) is 19.0 Å². The predicted molar refractivity (Wildman–Crippen MR) is 55.5 cm³/mol. The third-order valence-electron chi connectivity index (χ3n) is 1.99. The van der Waals surface area contributed by atoms with Crippen molar-refractivity contribution >= 4 is 5.91 Å². The standard InChI is InChI=1S/C9H16N4O3/c1-16-7-8(6-14)11-9(15)2-4-13-5-3-10-12-13/h3,5,8,14H,2,4,6-7H2,1H3,(H,11,15). The molecule has 16 heavy (non-hydrogen) atoms. The van der Waals surface area contributed by atoms with Gasteiger partial charge in [-0.25, -0.2) is 0 Å². The number of methoxy groups -OCH3 is 1. The van der Waals surface area contributed by atoms with Gasteiger partial charge < -0.3 is 15.2 Å². The summed E-state index contributed by atoms with van der Waals surface area (Å²) in [7, 11) is 1.52. The van der Waals surface area contributed by atoms with Crippen LogP contribution in [-0.4, -0.2) is 52.4 Å². The normalized spacial score (nSPS) is 12.4. The molecule has 0 saturated carbocycles. The van der Waals surface area contributed by atoms with Crippen molar-refractivity contribution in [3.8, 4) is 0 Å². The van der Waals surface area contributed by atoms with E-state index in [4.69, 9.17) is 9.84 Å². The molecule has 7 heteroatoms. The molecule has 1 unspecified atom stereocenters. The lowest BCUT2D eigenvalue weighted by molar-refractivity contribution is -0.122. The number of carbonyl (C=O) groups excluding carboxylic acids is 1. The second-order valence-corrected chi connectivity index (χ2v) is 3.32. The van der Waals surface area contributed by atoms with Gasteiger partial charge in [-0.3, -0.25) is 9.48 Å². The molecule has 0 aliphatic carbocycles. The zero-order valence-electron chi connectivity index (χ0n) is 9.17. The van der Waals surface area contributed by atoms with E-state index in [2.05, 4.69) is 15.6 Å². The molecule has 0 fully saturated rings. The highest BCUT2D eigenvalue weighted by molar-refractivity contribution is 5.76. The molecule has 0 spiro atoms. The maximum atomic E-state index is 11.4. The van der Waals surface area contributed by atoms with Crippen LogP contribution in [0.25, 0.3) is 0 Å². The molecule has 1 amide bonds. The van der Waals surface area contributed by atoms with E-state index in [0.717, 1.165) is 0 Å². The number of nitrogens with one attached hydrogen (secondary N) is 1. The molecule has 2 N–H and O–H groups in total. The van der Waals surface area contributed by atoms with Gasteiger partial charge in [-0.15, -0.1) is 5.10 Å². The largest absolute Gasteiger partial charge is 0.394 e. The van der Waals surface area contributed by atoms with Crippen molar-refractivity contribution in [2.24, 2.45) is 0 Å². The van der Waals surface area contributed by atoms with Crippen molar-refractivity contribution in [2.75, 3.05) is 20.3 Å². The molecule has 1 rings (SSSR count). The first-order chi connectivity index (χ1) is 7.76. The van der Waals surface area contributed by atoms with Crippen molar-refractivity contribution in [3.05, 3.63) is 12.4 Å². The van der Waals surface area contributed by atoms with Gasteiger partial charge in [-0.05, 0) is 0 Å². The van der Waals surface area contributed by atoms with Gasteiger partial charge in [0.15, 0.2) is 0 Å². The Hall–Kier alpha value is -1.47. The Morgan fingerprint density at radius 1 is 1.69 bits per heavy atom. The minimum absolute atomic E-state index is 0.136. The second-order valence-electron chi connectivity index (χ2n) is 3.32. The number of aromatic nitrogens is 3. The lowest BCUT2D eigenvalue weighted by atomic mass is 10.3. The molecule has 0 aliphatic rings. The summed E-state index contributed by atoms with van der Waals surface area (Å²) in [6.07, 6.45) is 3.54. The molecule has 0 aromatic carbocycles. The first-order valence-electron chi connectivity index (χ1n) is 4.99. The van der Waals surface area contributed by atoms with E-state index >= 15 is 0 Å². The summed E-state index contributed by atoms with van der Waals surface area (Å²) in [5.41, 5.74) is 0. The molecule has 0 bridgehead atoms. The van der Waals surface area contributed by atoms with Gasteiger partial charge in [0, 0.05) is 19.7 Å². The molecule has 1 heterocycles. The number of hydrogen-bond donors (Lipinski definition) is 2. The van der Waals surface area contributed by atoms with Gasteiger partial charge in [0.2, 0.25) is 5.91 Å². The van der Waals surface area contributed by atoms with Gasteiger partial charge in [0.1, 0.15) is 0 Å². The van der Waals surface area contributed by atoms with E-state index in [9.17, 15) is 4.79 Å². The zero-order valence-corrected chi connectivity index (χ0v) is 9.17. The molecule has 1 atom stereocenters. The highest BCUT2D eigenvalue weighted by atomic mass is 16.5. The van der Waals surface area contributed by atoms with Crippen molar-refractivity contribution in [1.82, 2.24) is 20.3 Å². The number of aliphatic hydroxyl groups excluding tert-OH is 1. The third kappa shape index (κ3) is 4.37. The van der Waals surface area contributed by atoms with Crippen molar-refractivity contribution in [3.63, 3.8) is 0 Å². The van der Waals surface area contributed by atoms with E-state index in [1.807, 2.05) is 0 Å². The van der Waals surface area contributed by atoms with Crippen LogP contribution in [0, 0.1) is 0 Å². The monoisotopic (exact) mass is 228 g/mol. The number of amides is 1. The van der Waals surface area contributed by atoms with Crippen LogP contribution in [-0.2, 0) is 16.1 Å². The Kier molecular flexibility index (Phi) is 5.44. The summed E-state index contributed by atoms with van der Waals surface area (Å²) in [5, 5.41) is 19.0. The number of carbonyl (C=O) groups is 1. The molecule has 0 saturated heterocycles. The van der Waals surface area contributed by atoms with Gasteiger partial charge in [-0.2, -0.15) is 0 Å². The fourth-order valence-corrected chi connectivity index (χ4v) is 1.21. The van der Waals surface area contributed by atoms with Crippen LogP contribution in [0.3, 0.4) is 0 Å². The number of aryl methyl sites for hydroxylation is 1. The van der Waals surface area contributed by atoms with Crippen molar-refractivity contribution < 1.29 is 14.6 Å². The van der Waals surface area contributed by atoms with Gasteiger partial charge in [0.05, 0.1) is 32.0 Å². The molecule has 0 radical (unpaired) electrons. The van der Waals surface area contributed by atoms with Crippen LogP contribution in [0.4, 0.5) is 0 Å². The Morgan fingerprint density at radius 2 is 2.50 bits per heavy atom. The second kappa shape index (κ2) is 6.91. The molecule has 90 valence electrons. The molecular formula is C9H16N4O3. The van der Waals surface area contributed by atoms with E-state index < -0.39 is 0 Å². The Bertz CT molecular complexity index is 302. The zero-order chi connectivity index (χ0) is 11.8. The van der Waals surface area contributed by atoms with E-state index in [-0.39, 0.29) is 18.6 Å². The van der Waals surface area contributed by atoms with E-state index in [1.54, 1.807) is 17.1 Å². The van der Waals surface area contributed by atoms with Crippen LogP contribution in [0.15, 0.2) is 12.4 Å². The lowest BCUT2D eigenvalue weighted by Crippen LogP contribution is -2.40. The van der Waals surface area contributed by atoms with Crippen LogP contribution < -0.4 is 5.32 Å². The number of hydrogen-bond acceptors (Lipinski definition) is 5.